The smallest absolute Gasteiger partial charge is 0.449 e. The summed E-state index contributed by atoms with van der Waals surface area (Å²) in [6.45, 7) is 7.57. The molecule has 1 heterocycles. The summed E-state index contributed by atoms with van der Waals surface area (Å²) in [4.78, 5) is 43.9. The number of ether oxygens (including phenoxy) is 1. The number of aromatic nitrogens is 1. The molecule has 0 aromatic carbocycles. The van der Waals surface area contributed by atoms with Gasteiger partial charge in [0.25, 0.3) is 0 Å². The standard InChI is InChI=1S/C24H34F3N3O4/c1-5-20(10-8-11-21(31)24(25,26)27)34-23(33)18-13-14-28-19(17-18)9-7-12-22(32)30(6-2)16-15-29(3)4/h5,13-14,17,20H,1,6-12,15-16H2,2-4H3. The monoisotopic (exact) mass is 485 g/mol. The summed E-state index contributed by atoms with van der Waals surface area (Å²) in [5.74, 6) is -2.40. The number of carbonyl (C=O) groups excluding carboxylic acids is 3. The molecule has 0 saturated carbocycles. The number of halogens is 3. The number of rotatable bonds is 15. The fourth-order valence-electron chi connectivity index (χ4n) is 3.14. The van der Waals surface area contributed by atoms with E-state index in [4.69, 9.17) is 4.74 Å². The Hall–Kier alpha value is -2.75. The van der Waals surface area contributed by atoms with Crippen LogP contribution >= 0.6 is 0 Å². The Morgan fingerprint density at radius 2 is 1.88 bits per heavy atom. The summed E-state index contributed by atoms with van der Waals surface area (Å²) < 4.78 is 42.2. The minimum atomic E-state index is -4.86. The van der Waals surface area contributed by atoms with Crippen molar-refractivity contribution in [2.24, 2.45) is 0 Å². The molecule has 1 atom stereocenters. The van der Waals surface area contributed by atoms with E-state index in [0.29, 0.717) is 38.0 Å². The molecule has 10 heteroatoms. The summed E-state index contributed by atoms with van der Waals surface area (Å²) in [6.07, 6.45) is -2.15. The Morgan fingerprint density at radius 1 is 1.18 bits per heavy atom. The zero-order chi connectivity index (χ0) is 25.7. The second-order valence-electron chi connectivity index (χ2n) is 8.16. The van der Waals surface area contributed by atoms with Crippen LogP contribution in [0, 0.1) is 0 Å². The predicted molar refractivity (Wildman–Crippen MR) is 122 cm³/mol. The van der Waals surface area contributed by atoms with Gasteiger partial charge in [-0.15, -0.1) is 0 Å². The predicted octanol–water partition coefficient (Wildman–Crippen LogP) is 3.83. The van der Waals surface area contributed by atoms with E-state index in [1.165, 1.54) is 18.3 Å². The average Bonchev–Trinajstić information content (AvgIpc) is 2.77. The van der Waals surface area contributed by atoms with Crippen molar-refractivity contribution in [2.45, 2.75) is 57.7 Å². The molecule has 0 bridgehead atoms. The molecule has 0 aliphatic heterocycles. The number of pyridine rings is 1. The molecule has 7 nitrogen and oxygen atoms in total. The first-order chi connectivity index (χ1) is 16.0. The molecular formula is C24H34F3N3O4. The molecule has 0 fully saturated rings. The van der Waals surface area contributed by atoms with Crippen LogP contribution in [0.2, 0.25) is 0 Å². The van der Waals surface area contributed by atoms with Gasteiger partial charge in [0.1, 0.15) is 6.10 Å². The summed E-state index contributed by atoms with van der Waals surface area (Å²) in [7, 11) is 3.91. The molecular weight excluding hydrogens is 451 g/mol. The van der Waals surface area contributed by atoms with E-state index in [9.17, 15) is 27.6 Å². The van der Waals surface area contributed by atoms with Crippen molar-refractivity contribution in [1.29, 1.82) is 0 Å². The van der Waals surface area contributed by atoms with Gasteiger partial charge in [0, 0.05) is 44.4 Å². The minimum absolute atomic E-state index is 0.0544. The largest absolute Gasteiger partial charge is 0.455 e. The Bertz CT molecular complexity index is 828. The lowest BCUT2D eigenvalue weighted by molar-refractivity contribution is -0.171. The third-order valence-electron chi connectivity index (χ3n) is 5.16. The first-order valence-electron chi connectivity index (χ1n) is 11.3. The lowest BCUT2D eigenvalue weighted by Crippen LogP contribution is -2.36. The number of alkyl halides is 3. The van der Waals surface area contributed by atoms with Crippen molar-refractivity contribution in [3.05, 3.63) is 42.2 Å². The molecule has 0 saturated heterocycles. The molecule has 34 heavy (non-hydrogen) atoms. The first kappa shape index (κ1) is 29.3. The summed E-state index contributed by atoms with van der Waals surface area (Å²) in [5, 5.41) is 0. The Labute approximate surface area is 199 Å². The third kappa shape index (κ3) is 10.9. The SMILES string of the molecule is C=CC(CCCC(=O)C(F)(F)F)OC(=O)c1ccnc(CCCC(=O)N(CC)CCN(C)C)c1. The molecule has 1 unspecified atom stereocenters. The molecule has 1 rings (SSSR count). The number of carbonyl (C=O) groups is 3. The number of hydrogen-bond acceptors (Lipinski definition) is 6. The van der Waals surface area contributed by atoms with Crippen LogP contribution in [-0.4, -0.2) is 78.5 Å². The second-order valence-corrected chi connectivity index (χ2v) is 8.16. The zero-order valence-corrected chi connectivity index (χ0v) is 20.1. The van der Waals surface area contributed by atoms with Crippen LogP contribution in [0.5, 0.6) is 0 Å². The van der Waals surface area contributed by atoms with Crippen molar-refractivity contribution in [2.75, 3.05) is 33.7 Å². The second kappa shape index (κ2) is 14.5. The van der Waals surface area contributed by atoms with Crippen molar-refractivity contribution < 1.29 is 32.3 Å². The number of hydrogen-bond donors (Lipinski definition) is 0. The maximum absolute atomic E-state index is 12.5. The number of esters is 1. The molecule has 1 aromatic heterocycles. The molecule has 0 spiro atoms. The van der Waals surface area contributed by atoms with Crippen molar-refractivity contribution in [1.82, 2.24) is 14.8 Å². The molecule has 0 aliphatic carbocycles. The average molecular weight is 486 g/mol. The summed E-state index contributed by atoms with van der Waals surface area (Å²) in [6, 6.07) is 3.05. The van der Waals surface area contributed by atoms with Gasteiger partial charge in [0.2, 0.25) is 11.7 Å². The van der Waals surface area contributed by atoms with E-state index in [1.807, 2.05) is 25.9 Å². The zero-order valence-electron chi connectivity index (χ0n) is 20.1. The number of Topliss-reactive ketones (excluding diaryl/α,β-unsaturated/α-hetero) is 1. The molecule has 190 valence electrons. The summed E-state index contributed by atoms with van der Waals surface area (Å²) >= 11 is 0. The molecule has 0 N–H and O–H groups in total. The van der Waals surface area contributed by atoms with Gasteiger partial charge in [-0.3, -0.25) is 14.6 Å². The van der Waals surface area contributed by atoms with Gasteiger partial charge in [-0.05, 0) is 58.8 Å². The van der Waals surface area contributed by atoms with Crippen LogP contribution in [-0.2, 0) is 20.7 Å². The maximum Gasteiger partial charge on any atom is 0.449 e. The molecule has 0 radical (unpaired) electrons. The number of nitrogens with zero attached hydrogens (tertiary/aromatic N) is 3. The van der Waals surface area contributed by atoms with Gasteiger partial charge in [0.15, 0.2) is 0 Å². The number of amides is 1. The topological polar surface area (TPSA) is 79.8 Å². The highest BCUT2D eigenvalue weighted by Crippen LogP contribution is 2.20. The van der Waals surface area contributed by atoms with E-state index >= 15 is 0 Å². The van der Waals surface area contributed by atoms with Crippen LogP contribution in [0.25, 0.3) is 0 Å². The Morgan fingerprint density at radius 3 is 2.47 bits per heavy atom. The van der Waals surface area contributed by atoms with Crippen LogP contribution in [0.15, 0.2) is 31.0 Å². The Kier molecular flexibility index (Phi) is 12.5. The van der Waals surface area contributed by atoms with Gasteiger partial charge in [-0.25, -0.2) is 4.79 Å². The van der Waals surface area contributed by atoms with Crippen LogP contribution in [0.1, 0.15) is 55.1 Å². The van der Waals surface area contributed by atoms with E-state index in [-0.39, 0.29) is 24.3 Å². The van der Waals surface area contributed by atoms with Crippen LogP contribution < -0.4 is 0 Å². The molecule has 0 aliphatic rings. The number of ketones is 1. The fraction of sp³-hybridized carbons (Fsp3) is 0.583. The van der Waals surface area contributed by atoms with Gasteiger partial charge >= 0.3 is 12.1 Å². The van der Waals surface area contributed by atoms with E-state index in [2.05, 4.69) is 11.6 Å². The van der Waals surface area contributed by atoms with Gasteiger partial charge in [-0.1, -0.05) is 12.7 Å². The number of likely N-dealkylation sites (N-methyl/N-ethyl adjacent to an activating group) is 2. The number of aryl methyl sites for hydroxylation is 1. The maximum atomic E-state index is 12.5. The van der Waals surface area contributed by atoms with Crippen molar-refractivity contribution in [3.63, 3.8) is 0 Å². The highest BCUT2D eigenvalue weighted by Gasteiger charge is 2.37. The quantitative estimate of drug-likeness (QED) is 0.278. The molecule has 1 aromatic rings. The van der Waals surface area contributed by atoms with E-state index in [1.54, 1.807) is 11.0 Å². The molecule has 1 amide bonds. The van der Waals surface area contributed by atoms with Crippen molar-refractivity contribution in [3.8, 4) is 0 Å². The highest BCUT2D eigenvalue weighted by molar-refractivity contribution is 5.89. The minimum Gasteiger partial charge on any atom is -0.455 e. The lowest BCUT2D eigenvalue weighted by atomic mass is 10.1. The normalized spacial score (nSPS) is 12.3. The van der Waals surface area contributed by atoms with Gasteiger partial charge in [0.05, 0.1) is 5.56 Å². The van der Waals surface area contributed by atoms with E-state index in [0.717, 1.165) is 6.54 Å². The third-order valence-corrected chi connectivity index (χ3v) is 5.16. The first-order valence-corrected chi connectivity index (χ1v) is 11.3. The van der Waals surface area contributed by atoms with Crippen molar-refractivity contribution >= 4 is 17.7 Å². The Balaban J connectivity index is 2.55. The van der Waals surface area contributed by atoms with Crippen LogP contribution in [0.3, 0.4) is 0 Å². The van der Waals surface area contributed by atoms with Gasteiger partial charge < -0.3 is 14.5 Å². The van der Waals surface area contributed by atoms with E-state index < -0.39 is 30.5 Å². The van der Waals surface area contributed by atoms with Crippen LogP contribution in [0.4, 0.5) is 13.2 Å². The fourth-order valence-corrected chi connectivity index (χ4v) is 3.14. The highest BCUT2D eigenvalue weighted by atomic mass is 19.4. The summed E-state index contributed by atoms with van der Waals surface area (Å²) in [5.41, 5.74) is 0.875. The van der Waals surface area contributed by atoms with Gasteiger partial charge in [-0.2, -0.15) is 13.2 Å². The lowest BCUT2D eigenvalue weighted by Gasteiger charge is -2.22.